The Hall–Kier alpha value is -0.900. The third-order valence-electron chi connectivity index (χ3n) is 2.48. The molecule has 0 N–H and O–H groups in total. The molecule has 0 unspecified atom stereocenters. The van der Waals surface area contributed by atoms with Gasteiger partial charge >= 0.3 is 0 Å². The number of pyridine rings is 1. The van der Waals surface area contributed by atoms with Crippen LogP contribution in [-0.4, -0.2) is 19.7 Å². The van der Waals surface area contributed by atoms with Crippen LogP contribution in [0.4, 0.5) is 0 Å². The Balaban J connectivity index is 3.64. The second-order valence-corrected chi connectivity index (χ2v) is 6.96. The number of hydrogen-bond donors (Lipinski definition) is 0. The van der Waals surface area contributed by atoms with Crippen molar-refractivity contribution < 1.29 is 8.42 Å². The highest BCUT2D eigenvalue weighted by molar-refractivity contribution is 7.90. The molecule has 1 heterocycles. The monoisotopic (exact) mass is 241 g/mol. The van der Waals surface area contributed by atoms with E-state index in [1.807, 2.05) is 33.8 Å². The number of rotatable bonds is 2. The molecule has 16 heavy (non-hydrogen) atoms. The molecule has 1 aromatic rings. The molecule has 1 aromatic heterocycles. The third-order valence-corrected chi connectivity index (χ3v) is 3.50. The molecule has 0 aromatic carbocycles. The maximum absolute atomic E-state index is 11.7. The third kappa shape index (κ3) is 2.61. The highest BCUT2D eigenvalue weighted by Gasteiger charge is 2.26. The van der Waals surface area contributed by atoms with Crippen molar-refractivity contribution in [1.29, 1.82) is 0 Å². The van der Waals surface area contributed by atoms with Crippen LogP contribution >= 0.6 is 0 Å². The van der Waals surface area contributed by atoms with Crippen LogP contribution in [0.3, 0.4) is 0 Å². The fourth-order valence-corrected chi connectivity index (χ4v) is 2.92. The number of sulfone groups is 1. The van der Waals surface area contributed by atoms with Crippen LogP contribution in [0.5, 0.6) is 0 Å². The van der Waals surface area contributed by atoms with Gasteiger partial charge in [0.15, 0.2) is 14.9 Å². The molecular formula is C12H19NO2S. The molecule has 0 saturated carbocycles. The van der Waals surface area contributed by atoms with E-state index in [1.165, 1.54) is 6.26 Å². The summed E-state index contributed by atoms with van der Waals surface area (Å²) in [5.41, 5.74) is 1.70. The number of aryl methyl sites for hydroxylation is 1. The van der Waals surface area contributed by atoms with E-state index in [2.05, 4.69) is 4.98 Å². The fourth-order valence-electron chi connectivity index (χ4n) is 1.86. The smallest absolute Gasteiger partial charge is 0.193 e. The van der Waals surface area contributed by atoms with Gasteiger partial charge in [0.25, 0.3) is 0 Å². The van der Waals surface area contributed by atoms with E-state index in [9.17, 15) is 8.42 Å². The summed E-state index contributed by atoms with van der Waals surface area (Å²) >= 11 is 0. The van der Waals surface area contributed by atoms with Crippen molar-refractivity contribution in [2.75, 3.05) is 6.26 Å². The first-order valence-electron chi connectivity index (χ1n) is 5.36. The lowest BCUT2D eigenvalue weighted by molar-refractivity contribution is 0.548. The summed E-state index contributed by atoms with van der Waals surface area (Å²) in [6.45, 7) is 8.06. The minimum absolute atomic E-state index is 0.210. The zero-order valence-electron chi connectivity index (χ0n) is 10.5. The lowest BCUT2D eigenvalue weighted by Crippen LogP contribution is -2.20. The van der Waals surface area contributed by atoms with Gasteiger partial charge in [-0.3, -0.25) is 0 Å². The summed E-state index contributed by atoms with van der Waals surface area (Å²) in [6.07, 6.45) is 3.60. The van der Waals surface area contributed by atoms with Crippen LogP contribution in [0, 0.1) is 0 Å². The van der Waals surface area contributed by atoms with E-state index in [0.29, 0.717) is 0 Å². The summed E-state index contributed by atoms with van der Waals surface area (Å²) in [7, 11) is -3.26. The maximum Gasteiger partial charge on any atom is 0.193 e. The van der Waals surface area contributed by atoms with Crippen molar-refractivity contribution in [1.82, 2.24) is 4.98 Å². The van der Waals surface area contributed by atoms with Crippen LogP contribution in [0.2, 0.25) is 0 Å². The summed E-state index contributed by atoms with van der Waals surface area (Å²) < 4.78 is 23.4. The summed E-state index contributed by atoms with van der Waals surface area (Å²) in [4.78, 5) is 4.04. The zero-order chi connectivity index (χ0) is 12.6. The van der Waals surface area contributed by atoms with Crippen molar-refractivity contribution in [3.8, 4) is 0 Å². The normalized spacial score (nSPS) is 12.8. The number of nitrogens with zero attached hydrogens (tertiary/aromatic N) is 1. The molecule has 0 aliphatic heterocycles. The van der Waals surface area contributed by atoms with Crippen molar-refractivity contribution in [2.45, 2.75) is 44.6 Å². The Morgan fingerprint density at radius 3 is 2.25 bits per heavy atom. The lowest BCUT2D eigenvalue weighted by atomic mass is 9.84. The SMILES string of the molecule is CCc1ccnc(S(C)(=O)=O)c1C(C)(C)C. The number of hydrogen-bond acceptors (Lipinski definition) is 3. The average molecular weight is 241 g/mol. The molecule has 3 nitrogen and oxygen atoms in total. The first kappa shape index (κ1) is 13.2. The van der Waals surface area contributed by atoms with Gasteiger partial charge < -0.3 is 0 Å². The van der Waals surface area contributed by atoms with Crippen molar-refractivity contribution >= 4 is 9.84 Å². The van der Waals surface area contributed by atoms with Gasteiger partial charge in [-0.25, -0.2) is 13.4 Å². The van der Waals surface area contributed by atoms with Crippen molar-refractivity contribution in [3.05, 3.63) is 23.4 Å². The Kier molecular flexibility index (Phi) is 3.43. The fraction of sp³-hybridized carbons (Fsp3) is 0.583. The molecular weight excluding hydrogens is 222 g/mol. The maximum atomic E-state index is 11.7. The summed E-state index contributed by atoms with van der Waals surface area (Å²) in [6, 6.07) is 1.90. The molecule has 4 heteroatoms. The van der Waals surface area contributed by atoms with E-state index in [1.54, 1.807) is 6.20 Å². The second kappa shape index (κ2) is 4.17. The second-order valence-electron chi connectivity index (χ2n) is 5.03. The van der Waals surface area contributed by atoms with Crippen molar-refractivity contribution in [2.24, 2.45) is 0 Å². The van der Waals surface area contributed by atoms with E-state index < -0.39 is 9.84 Å². The molecule has 0 spiro atoms. The van der Waals surface area contributed by atoms with Crippen LogP contribution < -0.4 is 0 Å². The summed E-state index contributed by atoms with van der Waals surface area (Å²) in [5.74, 6) is 0. The largest absolute Gasteiger partial charge is 0.244 e. The van der Waals surface area contributed by atoms with Crippen LogP contribution in [0.1, 0.15) is 38.8 Å². The van der Waals surface area contributed by atoms with E-state index >= 15 is 0 Å². The molecule has 0 aliphatic rings. The van der Waals surface area contributed by atoms with Gasteiger partial charge in [-0.05, 0) is 29.0 Å². The van der Waals surface area contributed by atoms with Crippen LogP contribution in [0.25, 0.3) is 0 Å². The standard InChI is InChI=1S/C12H19NO2S/c1-6-9-7-8-13-11(16(5,14)15)10(9)12(2,3)4/h7-8H,6H2,1-5H3. The lowest BCUT2D eigenvalue weighted by Gasteiger charge is -2.24. The minimum atomic E-state index is -3.26. The quantitative estimate of drug-likeness (QED) is 0.798. The van der Waals surface area contributed by atoms with Gasteiger partial charge in [0.2, 0.25) is 0 Å². The van der Waals surface area contributed by atoms with E-state index in [0.717, 1.165) is 17.5 Å². The Bertz CT molecular complexity index is 484. The van der Waals surface area contributed by atoms with Gasteiger partial charge in [-0.15, -0.1) is 0 Å². The topological polar surface area (TPSA) is 47.0 Å². The number of aromatic nitrogens is 1. The van der Waals surface area contributed by atoms with Gasteiger partial charge in [0.05, 0.1) is 0 Å². The first-order valence-corrected chi connectivity index (χ1v) is 7.25. The zero-order valence-corrected chi connectivity index (χ0v) is 11.4. The van der Waals surface area contributed by atoms with Gasteiger partial charge in [0, 0.05) is 12.5 Å². The molecule has 0 atom stereocenters. The average Bonchev–Trinajstić information content (AvgIpc) is 2.13. The Morgan fingerprint density at radius 2 is 1.88 bits per heavy atom. The van der Waals surface area contributed by atoms with Gasteiger partial charge in [0.1, 0.15) is 0 Å². The molecule has 0 radical (unpaired) electrons. The highest BCUT2D eigenvalue weighted by atomic mass is 32.2. The van der Waals surface area contributed by atoms with E-state index in [4.69, 9.17) is 0 Å². The molecule has 0 bridgehead atoms. The summed E-state index contributed by atoms with van der Waals surface area (Å²) in [5, 5.41) is 0.222. The minimum Gasteiger partial charge on any atom is -0.244 e. The van der Waals surface area contributed by atoms with Crippen LogP contribution in [-0.2, 0) is 21.7 Å². The van der Waals surface area contributed by atoms with E-state index in [-0.39, 0.29) is 10.4 Å². The van der Waals surface area contributed by atoms with Gasteiger partial charge in [-0.2, -0.15) is 0 Å². The Labute approximate surface area is 97.8 Å². The highest BCUT2D eigenvalue weighted by Crippen LogP contribution is 2.30. The molecule has 0 saturated heterocycles. The molecule has 90 valence electrons. The molecule has 1 rings (SSSR count). The van der Waals surface area contributed by atoms with Crippen molar-refractivity contribution in [3.63, 3.8) is 0 Å². The molecule has 0 fully saturated rings. The molecule has 0 amide bonds. The Morgan fingerprint density at radius 1 is 1.31 bits per heavy atom. The first-order chi connectivity index (χ1) is 7.18. The van der Waals surface area contributed by atoms with Gasteiger partial charge in [-0.1, -0.05) is 27.7 Å². The predicted octanol–water partition coefficient (Wildman–Crippen LogP) is 2.35. The van der Waals surface area contributed by atoms with Crippen LogP contribution in [0.15, 0.2) is 17.3 Å². The molecule has 0 aliphatic carbocycles. The predicted molar refractivity (Wildman–Crippen MR) is 65.4 cm³/mol.